The van der Waals surface area contributed by atoms with Gasteiger partial charge in [0.1, 0.15) is 0 Å². The Morgan fingerprint density at radius 1 is 1.00 bits per heavy atom. The quantitative estimate of drug-likeness (QED) is 0.567. The van der Waals surface area contributed by atoms with Crippen LogP contribution in [0.2, 0.25) is 0 Å². The molecular weight excluding hydrogens is 288 g/mol. The largest absolute Gasteiger partial charge is 0.504 e. The lowest BCUT2D eigenvalue weighted by Crippen LogP contribution is -1.84. The number of aromatic nitrogens is 2. The Kier molecular flexibility index (Phi) is 3.79. The summed E-state index contributed by atoms with van der Waals surface area (Å²) >= 11 is 1.59. The van der Waals surface area contributed by atoms with E-state index in [0.29, 0.717) is 17.1 Å². The van der Waals surface area contributed by atoms with E-state index in [0.717, 1.165) is 4.90 Å². The van der Waals surface area contributed by atoms with Crippen LogP contribution in [0.25, 0.3) is 11.5 Å². The summed E-state index contributed by atoms with van der Waals surface area (Å²) in [5.74, 6) is 0.801. The molecule has 5 nitrogen and oxygen atoms in total. The van der Waals surface area contributed by atoms with Crippen molar-refractivity contribution in [1.82, 2.24) is 10.1 Å². The molecule has 0 radical (unpaired) electrons. The van der Waals surface area contributed by atoms with Gasteiger partial charge in [0.2, 0.25) is 0 Å². The molecule has 21 heavy (non-hydrogen) atoms. The number of aromatic hydroxyl groups is 2. The number of para-hydroxylation sites is 1. The zero-order valence-electron chi connectivity index (χ0n) is 10.9. The van der Waals surface area contributed by atoms with Crippen LogP contribution >= 0.6 is 11.8 Å². The van der Waals surface area contributed by atoms with Gasteiger partial charge in [0, 0.05) is 4.90 Å². The van der Waals surface area contributed by atoms with E-state index in [1.807, 2.05) is 30.3 Å². The highest BCUT2D eigenvalue weighted by Crippen LogP contribution is 2.35. The highest BCUT2D eigenvalue weighted by molar-refractivity contribution is 7.98. The van der Waals surface area contributed by atoms with Gasteiger partial charge >= 0.3 is 0 Å². The molecule has 2 aromatic carbocycles. The molecule has 0 spiro atoms. The standard InChI is InChI=1S/C15H12N2O3S/c18-12-8-4-7-11(14(12)19)15-16-13(17-20-15)9-21-10-5-2-1-3-6-10/h1-8,18-19H,9H2. The molecule has 6 heteroatoms. The molecular formula is C15H12N2O3S. The van der Waals surface area contributed by atoms with Crippen LogP contribution in [0.4, 0.5) is 0 Å². The van der Waals surface area contributed by atoms with E-state index < -0.39 is 0 Å². The zero-order valence-corrected chi connectivity index (χ0v) is 11.7. The molecule has 0 aliphatic rings. The fourth-order valence-electron chi connectivity index (χ4n) is 1.79. The fourth-order valence-corrected chi connectivity index (χ4v) is 2.55. The normalized spacial score (nSPS) is 10.7. The maximum absolute atomic E-state index is 9.79. The number of phenolic OH excluding ortho intramolecular Hbond substituents is 2. The van der Waals surface area contributed by atoms with Gasteiger partial charge in [0.05, 0.1) is 11.3 Å². The maximum atomic E-state index is 9.79. The molecule has 0 amide bonds. The van der Waals surface area contributed by atoms with E-state index >= 15 is 0 Å². The third-order valence-electron chi connectivity index (χ3n) is 2.82. The lowest BCUT2D eigenvalue weighted by Gasteiger charge is -2.00. The van der Waals surface area contributed by atoms with Crippen molar-refractivity contribution in [2.45, 2.75) is 10.6 Å². The van der Waals surface area contributed by atoms with Gasteiger partial charge in [-0.3, -0.25) is 0 Å². The first-order chi connectivity index (χ1) is 10.2. The third kappa shape index (κ3) is 3.00. The molecule has 3 aromatic rings. The summed E-state index contributed by atoms with van der Waals surface area (Å²) in [5.41, 5.74) is 0.318. The molecule has 0 aliphatic carbocycles. The topological polar surface area (TPSA) is 79.4 Å². The van der Waals surface area contributed by atoms with E-state index in [4.69, 9.17) is 4.52 Å². The van der Waals surface area contributed by atoms with Gasteiger partial charge in [-0.15, -0.1) is 11.8 Å². The second-order valence-corrected chi connectivity index (χ2v) is 5.34. The number of phenols is 2. The van der Waals surface area contributed by atoms with Gasteiger partial charge in [0.25, 0.3) is 5.89 Å². The lowest BCUT2D eigenvalue weighted by molar-refractivity contribution is 0.396. The molecule has 0 fully saturated rings. The number of thioether (sulfide) groups is 1. The van der Waals surface area contributed by atoms with Crippen LogP contribution in [0.1, 0.15) is 5.82 Å². The fraction of sp³-hybridized carbons (Fsp3) is 0.0667. The summed E-state index contributed by atoms with van der Waals surface area (Å²) in [7, 11) is 0. The number of hydrogen-bond acceptors (Lipinski definition) is 6. The molecule has 0 saturated heterocycles. The van der Waals surface area contributed by atoms with Crippen molar-refractivity contribution in [2.75, 3.05) is 0 Å². The average Bonchev–Trinajstić information content (AvgIpc) is 2.98. The Morgan fingerprint density at radius 3 is 2.62 bits per heavy atom. The number of benzene rings is 2. The predicted molar refractivity (Wildman–Crippen MR) is 79.1 cm³/mol. The van der Waals surface area contributed by atoms with E-state index in [1.165, 1.54) is 6.07 Å². The highest BCUT2D eigenvalue weighted by Gasteiger charge is 2.15. The summed E-state index contributed by atoms with van der Waals surface area (Å²) in [6, 6.07) is 14.5. The molecule has 0 bridgehead atoms. The average molecular weight is 300 g/mol. The van der Waals surface area contributed by atoms with Crippen molar-refractivity contribution in [3.05, 3.63) is 54.4 Å². The lowest BCUT2D eigenvalue weighted by atomic mass is 10.2. The highest BCUT2D eigenvalue weighted by atomic mass is 32.2. The monoisotopic (exact) mass is 300 g/mol. The molecule has 106 valence electrons. The Bertz CT molecular complexity index is 744. The molecule has 0 aliphatic heterocycles. The maximum Gasteiger partial charge on any atom is 0.261 e. The first-order valence-electron chi connectivity index (χ1n) is 6.26. The minimum absolute atomic E-state index is 0.187. The number of nitrogens with zero attached hydrogens (tertiary/aromatic N) is 2. The van der Waals surface area contributed by atoms with Gasteiger partial charge in [-0.25, -0.2) is 0 Å². The van der Waals surface area contributed by atoms with Crippen molar-refractivity contribution in [1.29, 1.82) is 0 Å². The van der Waals surface area contributed by atoms with E-state index in [2.05, 4.69) is 10.1 Å². The van der Waals surface area contributed by atoms with Crippen molar-refractivity contribution in [3.8, 4) is 23.0 Å². The van der Waals surface area contributed by atoms with Gasteiger partial charge < -0.3 is 14.7 Å². The molecule has 1 heterocycles. The van der Waals surface area contributed by atoms with E-state index in [1.54, 1.807) is 23.9 Å². The summed E-state index contributed by atoms with van der Waals surface area (Å²) in [6.45, 7) is 0. The molecule has 0 saturated carbocycles. The Labute approximate surface area is 125 Å². The number of rotatable bonds is 4. The van der Waals surface area contributed by atoms with Crippen molar-refractivity contribution in [3.63, 3.8) is 0 Å². The van der Waals surface area contributed by atoms with Crippen molar-refractivity contribution in [2.24, 2.45) is 0 Å². The van der Waals surface area contributed by atoms with Crippen LogP contribution in [-0.2, 0) is 5.75 Å². The molecule has 2 N–H and O–H groups in total. The van der Waals surface area contributed by atoms with E-state index in [-0.39, 0.29) is 17.4 Å². The van der Waals surface area contributed by atoms with Crippen molar-refractivity contribution < 1.29 is 14.7 Å². The van der Waals surface area contributed by atoms with Crippen molar-refractivity contribution >= 4 is 11.8 Å². The molecule has 1 aromatic heterocycles. The Hall–Kier alpha value is -2.47. The Balaban J connectivity index is 1.76. The van der Waals surface area contributed by atoms with Crippen LogP contribution in [0.15, 0.2) is 57.9 Å². The van der Waals surface area contributed by atoms with Crippen LogP contribution in [0.3, 0.4) is 0 Å². The van der Waals surface area contributed by atoms with Gasteiger partial charge in [-0.05, 0) is 24.3 Å². The molecule has 0 atom stereocenters. The second kappa shape index (κ2) is 5.88. The predicted octanol–water partition coefficient (Wildman–Crippen LogP) is 3.44. The third-order valence-corrected chi connectivity index (χ3v) is 3.83. The van der Waals surface area contributed by atoms with Crippen LogP contribution in [0, 0.1) is 0 Å². The van der Waals surface area contributed by atoms with Gasteiger partial charge in [-0.2, -0.15) is 4.98 Å². The van der Waals surface area contributed by atoms with Gasteiger partial charge in [0.15, 0.2) is 17.3 Å². The van der Waals surface area contributed by atoms with E-state index in [9.17, 15) is 10.2 Å². The minimum atomic E-state index is -0.261. The summed E-state index contributed by atoms with van der Waals surface area (Å²) in [5, 5.41) is 23.1. The first kappa shape index (κ1) is 13.5. The second-order valence-electron chi connectivity index (χ2n) is 4.29. The van der Waals surface area contributed by atoms with Crippen LogP contribution in [0.5, 0.6) is 11.5 Å². The minimum Gasteiger partial charge on any atom is -0.504 e. The molecule has 0 unspecified atom stereocenters. The Morgan fingerprint density at radius 2 is 1.81 bits per heavy atom. The SMILES string of the molecule is Oc1cccc(-c2nc(CSc3ccccc3)no2)c1O. The molecule has 3 rings (SSSR count). The van der Waals surface area contributed by atoms with Gasteiger partial charge in [-0.1, -0.05) is 29.4 Å². The number of hydrogen-bond donors (Lipinski definition) is 2. The smallest absolute Gasteiger partial charge is 0.261 e. The summed E-state index contributed by atoms with van der Waals surface area (Å²) in [4.78, 5) is 5.34. The summed E-state index contributed by atoms with van der Waals surface area (Å²) in [6.07, 6.45) is 0. The van der Waals surface area contributed by atoms with Crippen LogP contribution in [-0.4, -0.2) is 20.4 Å². The van der Waals surface area contributed by atoms with Crippen LogP contribution < -0.4 is 0 Å². The zero-order chi connectivity index (χ0) is 14.7. The first-order valence-corrected chi connectivity index (χ1v) is 7.24. The summed E-state index contributed by atoms with van der Waals surface area (Å²) < 4.78 is 5.13.